The van der Waals surface area contributed by atoms with Crippen molar-refractivity contribution >= 4 is 5.78 Å². The summed E-state index contributed by atoms with van der Waals surface area (Å²) in [4.78, 5) is 12.0. The van der Waals surface area contributed by atoms with Gasteiger partial charge in [0.25, 0.3) is 0 Å². The van der Waals surface area contributed by atoms with Crippen molar-refractivity contribution < 1.29 is 22.7 Å². The number of allylic oxidation sites excluding steroid dienone is 3. The van der Waals surface area contributed by atoms with Crippen LogP contribution in [0, 0.1) is 5.92 Å². The molecule has 2 nitrogen and oxygen atoms in total. The van der Waals surface area contributed by atoms with Crippen LogP contribution < -0.4 is 0 Å². The first-order chi connectivity index (χ1) is 10.4. The summed E-state index contributed by atoms with van der Waals surface area (Å²) in [7, 11) is 1.01. The van der Waals surface area contributed by atoms with Crippen LogP contribution >= 0.6 is 0 Å². The van der Waals surface area contributed by atoms with Gasteiger partial charge in [0.2, 0.25) is 0 Å². The Hall–Kier alpha value is -2.14. The first-order valence-electron chi connectivity index (χ1n) is 6.66. The Kier molecular flexibility index (Phi) is 4.66. The normalized spacial score (nSPS) is 24.8. The highest BCUT2D eigenvalue weighted by Gasteiger charge is 2.57. The quantitative estimate of drug-likeness (QED) is 0.618. The first kappa shape index (κ1) is 16.2. The number of halogens is 3. The summed E-state index contributed by atoms with van der Waals surface area (Å²) in [6, 6.07) is 8.36. The van der Waals surface area contributed by atoms with E-state index in [1.54, 1.807) is 30.3 Å². The van der Waals surface area contributed by atoms with Crippen molar-refractivity contribution in [3.63, 3.8) is 0 Å². The van der Waals surface area contributed by atoms with Crippen LogP contribution in [0.4, 0.5) is 13.2 Å². The molecule has 116 valence electrons. The number of hydrogen-bond donors (Lipinski definition) is 0. The maximum atomic E-state index is 13.4. The fraction of sp³-hybridized carbons (Fsp3) is 0.235. The molecule has 2 atom stereocenters. The van der Waals surface area contributed by atoms with Crippen LogP contribution in [0.1, 0.15) is 10.4 Å². The number of ether oxygens (including phenoxy) is 1. The van der Waals surface area contributed by atoms with Gasteiger partial charge in [-0.25, -0.2) is 0 Å². The molecule has 2 rings (SSSR count). The van der Waals surface area contributed by atoms with Crippen LogP contribution in [-0.2, 0) is 4.74 Å². The van der Waals surface area contributed by atoms with Gasteiger partial charge in [-0.2, -0.15) is 13.2 Å². The third-order valence-corrected chi connectivity index (χ3v) is 3.56. The fourth-order valence-corrected chi connectivity index (χ4v) is 2.34. The Labute approximate surface area is 126 Å². The molecule has 1 aliphatic rings. The van der Waals surface area contributed by atoms with Gasteiger partial charge in [-0.05, 0) is 12.2 Å². The lowest BCUT2D eigenvalue weighted by Gasteiger charge is -2.37. The van der Waals surface area contributed by atoms with Gasteiger partial charge in [0.05, 0.1) is 0 Å². The van der Waals surface area contributed by atoms with Gasteiger partial charge in [-0.15, -0.1) is 0 Å². The molecular formula is C17H15F3O2. The maximum Gasteiger partial charge on any atom is 0.421 e. The van der Waals surface area contributed by atoms with Crippen LogP contribution in [0.2, 0.25) is 0 Å². The number of rotatable bonds is 4. The van der Waals surface area contributed by atoms with Crippen molar-refractivity contribution in [2.75, 3.05) is 7.11 Å². The largest absolute Gasteiger partial charge is 0.421 e. The summed E-state index contributed by atoms with van der Waals surface area (Å²) in [6.07, 6.45) is 2.93. The molecule has 5 heteroatoms. The van der Waals surface area contributed by atoms with Gasteiger partial charge in [0.15, 0.2) is 11.4 Å². The van der Waals surface area contributed by atoms with Crippen molar-refractivity contribution in [1.29, 1.82) is 0 Å². The molecule has 0 saturated heterocycles. The standard InChI is InChI=1S/C17H15F3O2/c1-22-16(17(18,19)20)12-6-5-9-14(16)10-11-15(21)13-7-3-2-4-8-13/h2-12,14H,1H3/b11-10+. The van der Waals surface area contributed by atoms with E-state index in [-0.39, 0.29) is 5.78 Å². The SMILES string of the molecule is COC1(C(F)(F)F)C=CC=CC1/C=C/C(=O)c1ccccc1. The van der Waals surface area contributed by atoms with E-state index in [0.717, 1.165) is 19.3 Å². The zero-order valence-electron chi connectivity index (χ0n) is 11.9. The van der Waals surface area contributed by atoms with Gasteiger partial charge in [0, 0.05) is 18.6 Å². The number of carbonyl (C=O) groups excluding carboxylic acids is 1. The summed E-state index contributed by atoms with van der Waals surface area (Å²) >= 11 is 0. The fourth-order valence-electron chi connectivity index (χ4n) is 2.34. The van der Waals surface area contributed by atoms with Crippen molar-refractivity contribution in [3.05, 3.63) is 72.4 Å². The Morgan fingerprint density at radius 2 is 1.91 bits per heavy atom. The topological polar surface area (TPSA) is 26.3 Å². The monoisotopic (exact) mass is 308 g/mol. The summed E-state index contributed by atoms with van der Waals surface area (Å²) in [6.45, 7) is 0. The van der Waals surface area contributed by atoms with Crippen molar-refractivity contribution in [2.24, 2.45) is 5.92 Å². The van der Waals surface area contributed by atoms with E-state index >= 15 is 0 Å². The van der Waals surface area contributed by atoms with Gasteiger partial charge in [-0.1, -0.05) is 54.6 Å². The maximum absolute atomic E-state index is 13.4. The van der Waals surface area contributed by atoms with Crippen LogP contribution in [0.5, 0.6) is 0 Å². The molecule has 0 aliphatic heterocycles. The van der Waals surface area contributed by atoms with E-state index in [2.05, 4.69) is 0 Å². The smallest absolute Gasteiger partial charge is 0.364 e. The Bertz CT molecular complexity index is 615. The second kappa shape index (κ2) is 6.32. The molecule has 0 N–H and O–H groups in total. The second-order valence-corrected chi connectivity index (χ2v) is 4.85. The van der Waals surface area contributed by atoms with E-state index < -0.39 is 17.7 Å². The lowest BCUT2D eigenvalue weighted by atomic mass is 9.82. The minimum Gasteiger partial charge on any atom is -0.364 e. The van der Waals surface area contributed by atoms with E-state index in [9.17, 15) is 18.0 Å². The van der Waals surface area contributed by atoms with E-state index in [1.807, 2.05) is 0 Å². The predicted molar refractivity (Wildman–Crippen MR) is 77.5 cm³/mol. The lowest BCUT2D eigenvalue weighted by molar-refractivity contribution is -0.258. The molecule has 0 heterocycles. The molecule has 1 aromatic rings. The van der Waals surface area contributed by atoms with Crippen molar-refractivity contribution in [3.8, 4) is 0 Å². The summed E-state index contributed by atoms with van der Waals surface area (Å²) in [5, 5.41) is 0. The Morgan fingerprint density at radius 3 is 2.50 bits per heavy atom. The van der Waals surface area contributed by atoms with Crippen LogP contribution in [0.15, 0.2) is 66.8 Å². The van der Waals surface area contributed by atoms with Crippen LogP contribution in [-0.4, -0.2) is 24.7 Å². The summed E-state index contributed by atoms with van der Waals surface area (Å²) in [5.74, 6) is -1.45. The summed E-state index contributed by atoms with van der Waals surface area (Å²) < 4.78 is 44.9. The molecule has 1 aromatic carbocycles. The lowest BCUT2D eigenvalue weighted by Crippen LogP contribution is -2.51. The number of benzene rings is 1. The molecule has 0 fully saturated rings. The summed E-state index contributed by atoms with van der Waals surface area (Å²) in [5.41, 5.74) is -2.03. The molecule has 0 radical (unpaired) electrons. The van der Waals surface area contributed by atoms with Crippen LogP contribution in [0.3, 0.4) is 0 Å². The number of carbonyl (C=O) groups is 1. The van der Waals surface area contributed by atoms with Crippen molar-refractivity contribution in [2.45, 2.75) is 11.8 Å². The minimum atomic E-state index is -4.59. The molecule has 1 aliphatic carbocycles. The van der Waals surface area contributed by atoms with E-state index in [1.165, 1.54) is 24.3 Å². The molecular weight excluding hydrogens is 293 g/mol. The molecule has 2 unspecified atom stereocenters. The van der Waals surface area contributed by atoms with E-state index in [0.29, 0.717) is 5.56 Å². The predicted octanol–water partition coefficient (Wildman–Crippen LogP) is 4.12. The highest BCUT2D eigenvalue weighted by Crippen LogP contribution is 2.43. The molecule has 0 spiro atoms. The average molecular weight is 308 g/mol. The van der Waals surface area contributed by atoms with Crippen LogP contribution in [0.25, 0.3) is 0 Å². The van der Waals surface area contributed by atoms with Gasteiger partial charge in [0.1, 0.15) is 0 Å². The number of ketones is 1. The third kappa shape index (κ3) is 3.04. The number of hydrogen-bond acceptors (Lipinski definition) is 2. The average Bonchev–Trinajstić information content (AvgIpc) is 2.52. The molecule has 0 bridgehead atoms. The first-order valence-corrected chi connectivity index (χ1v) is 6.66. The van der Waals surface area contributed by atoms with Gasteiger partial charge < -0.3 is 4.74 Å². The third-order valence-electron chi connectivity index (χ3n) is 3.56. The number of alkyl halides is 3. The van der Waals surface area contributed by atoms with Gasteiger partial charge in [-0.3, -0.25) is 4.79 Å². The van der Waals surface area contributed by atoms with Crippen molar-refractivity contribution in [1.82, 2.24) is 0 Å². The van der Waals surface area contributed by atoms with Gasteiger partial charge >= 0.3 is 6.18 Å². The molecule has 0 aromatic heterocycles. The highest BCUT2D eigenvalue weighted by molar-refractivity contribution is 6.04. The zero-order chi connectivity index (χ0) is 16.2. The Balaban J connectivity index is 2.27. The zero-order valence-corrected chi connectivity index (χ0v) is 11.9. The molecule has 22 heavy (non-hydrogen) atoms. The Morgan fingerprint density at radius 1 is 1.23 bits per heavy atom. The molecule has 0 saturated carbocycles. The minimum absolute atomic E-state index is 0.351. The highest BCUT2D eigenvalue weighted by atomic mass is 19.4. The second-order valence-electron chi connectivity index (χ2n) is 4.85. The number of methoxy groups -OCH3 is 1. The molecule has 0 amide bonds. The van der Waals surface area contributed by atoms with E-state index in [4.69, 9.17) is 4.74 Å².